The van der Waals surface area contributed by atoms with Crippen molar-refractivity contribution < 1.29 is 0 Å². The minimum Gasteiger partial charge on any atom is -0.384 e. The summed E-state index contributed by atoms with van der Waals surface area (Å²) in [7, 11) is 0. The van der Waals surface area contributed by atoms with Crippen molar-refractivity contribution in [1.29, 1.82) is 0 Å². The number of hydrogen-bond acceptors (Lipinski definition) is 1. The molecule has 0 saturated carbocycles. The van der Waals surface area contributed by atoms with Crippen molar-refractivity contribution in [3.63, 3.8) is 0 Å². The van der Waals surface area contributed by atoms with E-state index in [1.807, 2.05) is 0 Å². The molecule has 0 radical (unpaired) electrons. The Labute approximate surface area is 94.0 Å². The van der Waals surface area contributed by atoms with E-state index in [0.717, 1.165) is 22.9 Å². The van der Waals surface area contributed by atoms with E-state index in [4.69, 9.17) is 0 Å². The van der Waals surface area contributed by atoms with Crippen LogP contribution in [0.15, 0.2) is 22.7 Å². The first-order valence-electron chi connectivity index (χ1n) is 5.19. The number of halogens is 1. The van der Waals surface area contributed by atoms with Gasteiger partial charge < -0.3 is 5.32 Å². The Balaban J connectivity index is 2.23. The van der Waals surface area contributed by atoms with Crippen LogP contribution in [-0.2, 0) is 6.42 Å². The van der Waals surface area contributed by atoms with E-state index in [-0.39, 0.29) is 0 Å². The molecule has 76 valence electrons. The number of nitrogens with one attached hydrogen (secondary N) is 1. The lowest BCUT2D eigenvalue weighted by Gasteiger charge is -2.28. The van der Waals surface area contributed by atoms with E-state index in [0.29, 0.717) is 0 Å². The minimum absolute atomic E-state index is 0.763. The topological polar surface area (TPSA) is 12.0 Å². The molecule has 1 aromatic carbocycles. The first kappa shape index (κ1) is 10.0. The number of benzene rings is 1. The molecule has 1 atom stereocenters. The second kappa shape index (κ2) is 3.93. The van der Waals surface area contributed by atoms with Crippen LogP contribution in [0.5, 0.6) is 0 Å². The summed E-state index contributed by atoms with van der Waals surface area (Å²) < 4.78 is 1.16. The second-order valence-electron chi connectivity index (χ2n) is 4.39. The maximum absolute atomic E-state index is 3.50. The van der Waals surface area contributed by atoms with Crippen LogP contribution >= 0.6 is 15.9 Å². The fourth-order valence-electron chi connectivity index (χ4n) is 1.96. The maximum Gasteiger partial charge on any atom is 0.0384 e. The monoisotopic (exact) mass is 253 g/mol. The summed E-state index contributed by atoms with van der Waals surface area (Å²) in [5, 5.41) is 3.50. The number of rotatable bonds is 1. The zero-order valence-corrected chi connectivity index (χ0v) is 10.3. The van der Waals surface area contributed by atoms with Crippen LogP contribution in [0.1, 0.15) is 19.4 Å². The number of fused-ring (bicyclic) bond motifs is 1. The van der Waals surface area contributed by atoms with Gasteiger partial charge in [0.1, 0.15) is 0 Å². The first-order valence-corrected chi connectivity index (χ1v) is 5.98. The third kappa shape index (κ3) is 1.95. The summed E-state index contributed by atoms with van der Waals surface area (Å²) >= 11 is 3.49. The van der Waals surface area contributed by atoms with Gasteiger partial charge in [0.15, 0.2) is 0 Å². The van der Waals surface area contributed by atoms with Gasteiger partial charge in [0, 0.05) is 16.7 Å². The van der Waals surface area contributed by atoms with Gasteiger partial charge in [-0.25, -0.2) is 0 Å². The predicted octanol–water partition coefficient (Wildman–Crippen LogP) is 3.69. The smallest absolute Gasteiger partial charge is 0.0384 e. The van der Waals surface area contributed by atoms with Gasteiger partial charge >= 0.3 is 0 Å². The van der Waals surface area contributed by atoms with Gasteiger partial charge in [-0.05, 0) is 36.0 Å². The lowest BCUT2D eigenvalue weighted by atomic mass is 9.86. The van der Waals surface area contributed by atoms with E-state index in [9.17, 15) is 0 Å². The molecular formula is C12H16BrN. The minimum atomic E-state index is 0.763. The van der Waals surface area contributed by atoms with Gasteiger partial charge in [-0.15, -0.1) is 0 Å². The molecular weight excluding hydrogens is 238 g/mol. The molecule has 0 saturated heterocycles. The lowest BCUT2D eigenvalue weighted by Crippen LogP contribution is -2.26. The molecule has 1 unspecified atom stereocenters. The molecule has 2 rings (SSSR count). The Morgan fingerprint density at radius 2 is 2.21 bits per heavy atom. The zero-order chi connectivity index (χ0) is 10.1. The van der Waals surface area contributed by atoms with E-state index >= 15 is 0 Å². The van der Waals surface area contributed by atoms with Gasteiger partial charge in [0.2, 0.25) is 0 Å². The van der Waals surface area contributed by atoms with Crippen LogP contribution in [0, 0.1) is 11.8 Å². The molecule has 0 bridgehead atoms. The zero-order valence-electron chi connectivity index (χ0n) is 8.68. The Morgan fingerprint density at radius 3 is 2.93 bits per heavy atom. The fourth-order valence-corrected chi connectivity index (χ4v) is 2.32. The van der Waals surface area contributed by atoms with E-state index in [1.165, 1.54) is 17.7 Å². The van der Waals surface area contributed by atoms with Gasteiger partial charge in [-0.3, -0.25) is 0 Å². The Morgan fingerprint density at radius 1 is 1.43 bits per heavy atom. The Hall–Kier alpha value is -0.500. The standard InChI is InChI=1S/C12H16BrN/c1-8(2)10-5-9-3-4-11(13)6-12(9)14-7-10/h3-4,6,8,10,14H,5,7H2,1-2H3. The summed E-state index contributed by atoms with van der Waals surface area (Å²) in [6.07, 6.45) is 1.22. The van der Waals surface area contributed by atoms with Crippen LogP contribution in [0.2, 0.25) is 0 Å². The molecule has 0 fully saturated rings. The summed E-state index contributed by atoms with van der Waals surface area (Å²) in [4.78, 5) is 0. The molecule has 1 nitrogen and oxygen atoms in total. The van der Waals surface area contributed by atoms with Crippen molar-refractivity contribution in [3.05, 3.63) is 28.2 Å². The van der Waals surface area contributed by atoms with Crippen LogP contribution in [0.4, 0.5) is 5.69 Å². The van der Waals surface area contributed by atoms with E-state index in [2.05, 4.69) is 53.3 Å². The first-order chi connectivity index (χ1) is 6.66. The molecule has 2 heteroatoms. The highest BCUT2D eigenvalue weighted by Crippen LogP contribution is 2.30. The van der Waals surface area contributed by atoms with Crippen molar-refractivity contribution in [3.8, 4) is 0 Å². The largest absolute Gasteiger partial charge is 0.384 e. The highest BCUT2D eigenvalue weighted by molar-refractivity contribution is 9.10. The Bertz CT molecular complexity index is 333. The summed E-state index contributed by atoms with van der Waals surface area (Å²) in [6, 6.07) is 6.52. The molecule has 0 aliphatic carbocycles. The fraction of sp³-hybridized carbons (Fsp3) is 0.500. The van der Waals surface area contributed by atoms with Gasteiger partial charge in [0.25, 0.3) is 0 Å². The van der Waals surface area contributed by atoms with Crippen molar-refractivity contribution in [1.82, 2.24) is 0 Å². The summed E-state index contributed by atoms with van der Waals surface area (Å²) in [5.41, 5.74) is 2.76. The third-order valence-electron chi connectivity index (χ3n) is 3.05. The number of hydrogen-bond donors (Lipinski definition) is 1. The molecule has 14 heavy (non-hydrogen) atoms. The van der Waals surface area contributed by atoms with E-state index < -0.39 is 0 Å². The number of anilines is 1. The van der Waals surface area contributed by atoms with Crippen LogP contribution < -0.4 is 5.32 Å². The second-order valence-corrected chi connectivity index (χ2v) is 5.31. The van der Waals surface area contributed by atoms with Gasteiger partial charge in [0.05, 0.1) is 0 Å². The molecule has 0 amide bonds. The highest BCUT2D eigenvalue weighted by atomic mass is 79.9. The average Bonchev–Trinajstić information content (AvgIpc) is 2.16. The van der Waals surface area contributed by atoms with Crippen molar-refractivity contribution in [2.45, 2.75) is 20.3 Å². The molecule has 1 aromatic rings. The maximum atomic E-state index is 3.50. The van der Waals surface area contributed by atoms with Crippen LogP contribution in [-0.4, -0.2) is 6.54 Å². The summed E-state index contributed by atoms with van der Waals surface area (Å²) in [6.45, 7) is 5.72. The molecule has 0 aromatic heterocycles. The van der Waals surface area contributed by atoms with Crippen LogP contribution in [0.3, 0.4) is 0 Å². The molecule has 0 spiro atoms. The SMILES string of the molecule is CC(C)C1CNc2cc(Br)ccc2C1. The highest BCUT2D eigenvalue weighted by Gasteiger charge is 2.20. The molecule has 1 heterocycles. The van der Waals surface area contributed by atoms with Crippen molar-refractivity contribution in [2.75, 3.05) is 11.9 Å². The lowest BCUT2D eigenvalue weighted by molar-refractivity contribution is 0.393. The predicted molar refractivity (Wildman–Crippen MR) is 64.7 cm³/mol. The van der Waals surface area contributed by atoms with Crippen molar-refractivity contribution in [2.24, 2.45) is 11.8 Å². The quantitative estimate of drug-likeness (QED) is 0.805. The molecule has 1 N–H and O–H groups in total. The normalized spacial score (nSPS) is 20.4. The van der Waals surface area contributed by atoms with Crippen molar-refractivity contribution >= 4 is 21.6 Å². The van der Waals surface area contributed by atoms with E-state index in [1.54, 1.807) is 0 Å². The van der Waals surface area contributed by atoms with Crippen LogP contribution in [0.25, 0.3) is 0 Å². The summed E-state index contributed by atoms with van der Waals surface area (Å²) in [5.74, 6) is 1.54. The molecule has 1 aliphatic heterocycles. The molecule has 1 aliphatic rings. The third-order valence-corrected chi connectivity index (χ3v) is 3.54. The average molecular weight is 254 g/mol. The van der Waals surface area contributed by atoms with Gasteiger partial charge in [-0.1, -0.05) is 35.8 Å². The van der Waals surface area contributed by atoms with Gasteiger partial charge in [-0.2, -0.15) is 0 Å². The Kier molecular flexibility index (Phi) is 2.82.